The van der Waals surface area contributed by atoms with Crippen LogP contribution in [0, 0.1) is 5.92 Å². The lowest BCUT2D eigenvalue weighted by Crippen LogP contribution is -2.39. The molecule has 0 atom stereocenters. The molecule has 1 saturated heterocycles. The molecule has 8 nitrogen and oxygen atoms in total. The highest BCUT2D eigenvalue weighted by Gasteiger charge is 2.27. The molecular formula is C15H16ClN5O3. The van der Waals surface area contributed by atoms with Crippen molar-refractivity contribution in [2.24, 2.45) is 5.92 Å². The summed E-state index contributed by atoms with van der Waals surface area (Å²) in [6.45, 7) is 1.05. The Labute approximate surface area is 143 Å². The van der Waals surface area contributed by atoms with Gasteiger partial charge in [-0.25, -0.2) is 0 Å². The molecular weight excluding hydrogens is 334 g/mol. The molecule has 1 aliphatic heterocycles. The van der Waals surface area contributed by atoms with Gasteiger partial charge in [-0.2, -0.15) is 4.68 Å². The Bertz CT molecular complexity index is 742. The largest absolute Gasteiger partial charge is 0.481 e. The number of aliphatic carboxylic acids is 1. The van der Waals surface area contributed by atoms with E-state index in [-0.39, 0.29) is 18.2 Å². The number of rotatable bonds is 4. The van der Waals surface area contributed by atoms with Gasteiger partial charge in [-0.3, -0.25) is 9.59 Å². The predicted octanol–water partition coefficient (Wildman–Crippen LogP) is 1.64. The average Bonchev–Trinajstić information content (AvgIpc) is 3.08. The Morgan fingerprint density at radius 2 is 2.04 bits per heavy atom. The zero-order valence-electron chi connectivity index (χ0n) is 12.8. The van der Waals surface area contributed by atoms with Gasteiger partial charge in [0.1, 0.15) is 6.33 Å². The number of nitrogens with zero attached hydrogens (tertiary/aromatic N) is 5. The minimum atomic E-state index is -0.796. The average molecular weight is 350 g/mol. The monoisotopic (exact) mass is 349 g/mol. The number of tetrazole rings is 1. The molecule has 1 aromatic carbocycles. The van der Waals surface area contributed by atoms with Crippen molar-refractivity contribution in [1.82, 2.24) is 25.1 Å². The molecule has 24 heavy (non-hydrogen) atoms. The number of hydrogen-bond donors (Lipinski definition) is 1. The summed E-state index contributed by atoms with van der Waals surface area (Å²) in [6, 6.07) is 4.97. The van der Waals surface area contributed by atoms with E-state index in [1.165, 1.54) is 11.0 Å². The Kier molecular flexibility index (Phi) is 4.75. The molecule has 0 spiro atoms. The smallest absolute Gasteiger partial charge is 0.303 e. The van der Waals surface area contributed by atoms with E-state index in [1.54, 1.807) is 23.1 Å². The molecule has 1 fully saturated rings. The van der Waals surface area contributed by atoms with Gasteiger partial charge < -0.3 is 10.0 Å². The highest BCUT2D eigenvalue weighted by Crippen LogP contribution is 2.25. The summed E-state index contributed by atoms with van der Waals surface area (Å²) in [4.78, 5) is 25.4. The molecule has 0 saturated carbocycles. The fourth-order valence-corrected chi connectivity index (χ4v) is 3.08. The van der Waals surface area contributed by atoms with E-state index >= 15 is 0 Å². The molecule has 1 N–H and O–H groups in total. The van der Waals surface area contributed by atoms with E-state index in [0.717, 1.165) is 0 Å². The standard InChI is InChI=1S/C15H16ClN5O3/c16-11-1-2-13(21-9-17-18-19-21)12(8-11)15(24)20-5-3-10(4-6-20)7-14(22)23/h1-2,8-10H,3-7H2,(H,22,23). The van der Waals surface area contributed by atoms with Crippen molar-refractivity contribution < 1.29 is 14.7 Å². The van der Waals surface area contributed by atoms with Crippen molar-refractivity contribution in [2.45, 2.75) is 19.3 Å². The van der Waals surface area contributed by atoms with Gasteiger partial charge in [0.2, 0.25) is 0 Å². The third kappa shape index (κ3) is 3.53. The molecule has 2 heterocycles. The van der Waals surface area contributed by atoms with Crippen molar-refractivity contribution in [2.75, 3.05) is 13.1 Å². The van der Waals surface area contributed by atoms with Crippen LogP contribution in [0.3, 0.4) is 0 Å². The molecule has 1 aliphatic rings. The fraction of sp³-hybridized carbons (Fsp3) is 0.400. The van der Waals surface area contributed by atoms with Crippen LogP contribution < -0.4 is 0 Å². The van der Waals surface area contributed by atoms with Gasteiger partial charge in [0.15, 0.2) is 0 Å². The molecule has 126 valence electrons. The van der Waals surface area contributed by atoms with Crippen LogP contribution in [0.4, 0.5) is 0 Å². The first-order valence-electron chi connectivity index (χ1n) is 7.58. The first-order chi connectivity index (χ1) is 11.5. The van der Waals surface area contributed by atoms with Gasteiger partial charge in [0.05, 0.1) is 11.3 Å². The number of carboxylic acids is 1. The van der Waals surface area contributed by atoms with E-state index in [4.69, 9.17) is 16.7 Å². The van der Waals surface area contributed by atoms with Crippen LogP contribution in [-0.2, 0) is 4.79 Å². The van der Waals surface area contributed by atoms with E-state index in [2.05, 4.69) is 15.5 Å². The van der Waals surface area contributed by atoms with E-state index in [0.29, 0.717) is 42.2 Å². The Hall–Kier alpha value is -2.48. The van der Waals surface area contributed by atoms with Crippen molar-refractivity contribution in [3.05, 3.63) is 35.1 Å². The molecule has 1 amide bonds. The molecule has 3 rings (SSSR count). The van der Waals surface area contributed by atoms with Gasteiger partial charge in [-0.05, 0) is 47.4 Å². The Morgan fingerprint density at radius 1 is 1.29 bits per heavy atom. The van der Waals surface area contributed by atoms with Crippen LogP contribution in [-0.4, -0.2) is 55.2 Å². The van der Waals surface area contributed by atoms with E-state index in [1.807, 2.05) is 0 Å². The number of likely N-dealkylation sites (tertiary alicyclic amines) is 1. The SMILES string of the molecule is O=C(O)CC1CCN(C(=O)c2cc(Cl)ccc2-n2cnnn2)CC1. The maximum atomic E-state index is 12.9. The van der Waals surface area contributed by atoms with Crippen LogP contribution in [0.15, 0.2) is 24.5 Å². The van der Waals surface area contributed by atoms with Crippen LogP contribution in [0.2, 0.25) is 5.02 Å². The van der Waals surface area contributed by atoms with Crippen molar-refractivity contribution in [3.8, 4) is 5.69 Å². The van der Waals surface area contributed by atoms with E-state index in [9.17, 15) is 9.59 Å². The fourth-order valence-electron chi connectivity index (χ4n) is 2.91. The summed E-state index contributed by atoms with van der Waals surface area (Å²) in [5.41, 5.74) is 0.980. The lowest BCUT2D eigenvalue weighted by Gasteiger charge is -2.31. The van der Waals surface area contributed by atoms with Crippen molar-refractivity contribution in [3.63, 3.8) is 0 Å². The van der Waals surface area contributed by atoms with Gasteiger partial charge in [0, 0.05) is 24.5 Å². The van der Waals surface area contributed by atoms with Crippen LogP contribution in [0.5, 0.6) is 0 Å². The zero-order valence-corrected chi connectivity index (χ0v) is 13.6. The number of piperidine rings is 1. The number of benzene rings is 1. The van der Waals surface area contributed by atoms with Gasteiger partial charge in [-0.1, -0.05) is 11.6 Å². The number of hydrogen-bond acceptors (Lipinski definition) is 5. The topological polar surface area (TPSA) is 101 Å². The lowest BCUT2D eigenvalue weighted by molar-refractivity contribution is -0.138. The first kappa shape index (κ1) is 16.4. The van der Waals surface area contributed by atoms with Crippen molar-refractivity contribution in [1.29, 1.82) is 0 Å². The summed E-state index contributed by atoms with van der Waals surface area (Å²) in [6.07, 6.45) is 2.92. The summed E-state index contributed by atoms with van der Waals surface area (Å²) < 4.78 is 1.42. The number of carbonyl (C=O) groups is 2. The van der Waals surface area contributed by atoms with E-state index < -0.39 is 5.97 Å². The summed E-state index contributed by atoms with van der Waals surface area (Å²) in [5.74, 6) is -0.836. The first-order valence-corrected chi connectivity index (χ1v) is 7.96. The van der Waals surface area contributed by atoms with Crippen LogP contribution >= 0.6 is 11.6 Å². The number of halogens is 1. The number of aromatic nitrogens is 4. The number of carbonyl (C=O) groups excluding carboxylic acids is 1. The van der Waals surface area contributed by atoms with Gasteiger partial charge in [-0.15, -0.1) is 5.10 Å². The summed E-state index contributed by atoms with van der Waals surface area (Å²) in [7, 11) is 0. The van der Waals surface area contributed by atoms with Crippen LogP contribution in [0.25, 0.3) is 5.69 Å². The number of amides is 1. The van der Waals surface area contributed by atoms with Gasteiger partial charge >= 0.3 is 5.97 Å². The van der Waals surface area contributed by atoms with Crippen molar-refractivity contribution >= 4 is 23.5 Å². The lowest BCUT2D eigenvalue weighted by atomic mass is 9.93. The molecule has 0 unspecified atom stereocenters. The zero-order chi connectivity index (χ0) is 17.1. The second-order valence-electron chi connectivity index (χ2n) is 5.75. The third-order valence-electron chi connectivity index (χ3n) is 4.15. The normalized spacial score (nSPS) is 15.5. The second-order valence-corrected chi connectivity index (χ2v) is 6.19. The molecule has 0 radical (unpaired) electrons. The molecule has 9 heteroatoms. The molecule has 2 aromatic rings. The highest BCUT2D eigenvalue weighted by atomic mass is 35.5. The quantitative estimate of drug-likeness (QED) is 0.900. The molecule has 0 aliphatic carbocycles. The Balaban J connectivity index is 1.79. The predicted molar refractivity (Wildman–Crippen MR) is 85.0 cm³/mol. The number of carboxylic acid groups (broad SMARTS) is 1. The third-order valence-corrected chi connectivity index (χ3v) is 4.38. The minimum absolute atomic E-state index is 0.116. The highest BCUT2D eigenvalue weighted by molar-refractivity contribution is 6.31. The summed E-state index contributed by atoms with van der Waals surface area (Å²) in [5, 5.41) is 20.3. The maximum absolute atomic E-state index is 12.9. The Morgan fingerprint density at radius 3 is 2.67 bits per heavy atom. The van der Waals surface area contributed by atoms with Crippen LogP contribution in [0.1, 0.15) is 29.6 Å². The minimum Gasteiger partial charge on any atom is -0.481 e. The maximum Gasteiger partial charge on any atom is 0.303 e. The second kappa shape index (κ2) is 6.96. The summed E-state index contributed by atoms with van der Waals surface area (Å²) >= 11 is 6.04. The molecule has 0 bridgehead atoms. The van der Waals surface area contributed by atoms with Gasteiger partial charge in [0.25, 0.3) is 5.91 Å². The molecule has 1 aromatic heterocycles.